The standard InChI is InChI=1S/C82H157NO5/c1-3-5-7-9-11-13-15-17-19-21-38-42-46-50-54-58-62-66-70-74-80(85)79(78-84)83-81(86)75-71-67-63-59-55-51-47-43-40-36-34-32-30-28-26-24-23-25-27-29-31-33-35-37-41-45-49-53-57-61-65-69-73-77-88-82(87)76-72-68-64-60-56-52-48-44-39-22-20-18-16-14-12-10-8-6-4-2/h12,14,18,20,70,74,79-80,84-85H,3-11,13,15-17,19,21-69,71-73,75-78H2,1-2H3,(H,83,86)/b14-12-,20-18-,74-70+. The van der Waals surface area contributed by atoms with Crippen LogP contribution in [0.3, 0.4) is 0 Å². The Bertz CT molecular complexity index is 1430. The summed E-state index contributed by atoms with van der Waals surface area (Å²) in [6.07, 6.45) is 101. The predicted molar refractivity (Wildman–Crippen MR) is 389 cm³/mol. The van der Waals surface area contributed by atoms with E-state index in [1.807, 2.05) is 6.08 Å². The molecular weight excluding hydrogens is 1080 g/mol. The highest BCUT2D eigenvalue weighted by Gasteiger charge is 2.18. The second-order valence-corrected chi connectivity index (χ2v) is 27.8. The first kappa shape index (κ1) is 86.1. The largest absolute Gasteiger partial charge is 0.466 e. The Labute approximate surface area is 551 Å². The molecule has 520 valence electrons. The Morgan fingerprint density at radius 2 is 0.568 bits per heavy atom. The third-order valence-electron chi connectivity index (χ3n) is 18.9. The average Bonchev–Trinajstić information content (AvgIpc) is 3.58. The number of carbonyl (C=O) groups excluding carboxylic acids is 2. The third kappa shape index (κ3) is 73.1. The maximum atomic E-state index is 12.5. The normalized spacial score (nSPS) is 12.6. The first-order valence-electron chi connectivity index (χ1n) is 40.3. The molecule has 1 amide bonds. The number of nitrogens with one attached hydrogen (secondary N) is 1. The number of allylic oxidation sites excluding steroid dienone is 5. The lowest BCUT2D eigenvalue weighted by Crippen LogP contribution is -2.45. The number of aliphatic hydroxyl groups is 2. The van der Waals surface area contributed by atoms with Gasteiger partial charge in [0.2, 0.25) is 5.91 Å². The lowest BCUT2D eigenvalue weighted by Gasteiger charge is -2.20. The first-order valence-corrected chi connectivity index (χ1v) is 40.3. The first-order chi connectivity index (χ1) is 43.5. The van der Waals surface area contributed by atoms with Crippen molar-refractivity contribution in [2.75, 3.05) is 13.2 Å². The van der Waals surface area contributed by atoms with Crippen molar-refractivity contribution in [2.24, 2.45) is 0 Å². The van der Waals surface area contributed by atoms with Crippen molar-refractivity contribution in [3.63, 3.8) is 0 Å². The van der Waals surface area contributed by atoms with Crippen molar-refractivity contribution in [2.45, 2.75) is 463 Å². The number of carbonyl (C=O) groups is 2. The second-order valence-electron chi connectivity index (χ2n) is 27.8. The molecule has 0 fully saturated rings. The predicted octanol–water partition coefficient (Wildman–Crippen LogP) is 26.6. The van der Waals surface area contributed by atoms with Crippen LogP contribution in [0.25, 0.3) is 0 Å². The van der Waals surface area contributed by atoms with E-state index < -0.39 is 12.1 Å². The molecule has 0 aliphatic heterocycles. The molecule has 0 spiro atoms. The Balaban J connectivity index is 3.33. The zero-order chi connectivity index (χ0) is 63.5. The van der Waals surface area contributed by atoms with Gasteiger partial charge in [0, 0.05) is 12.8 Å². The van der Waals surface area contributed by atoms with Crippen LogP contribution in [-0.2, 0) is 14.3 Å². The molecule has 0 aromatic heterocycles. The van der Waals surface area contributed by atoms with Gasteiger partial charge in [0.25, 0.3) is 0 Å². The van der Waals surface area contributed by atoms with Gasteiger partial charge in [-0.15, -0.1) is 0 Å². The van der Waals surface area contributed by atoms with E-state index in [1.165, 1.54) is 372 Å². The molecule has 0 bridgehead atoms. The zero-order valence-corrected chi connectivity index (χ0v) is 59.7. The van der Waals surface area contributed by atoms with E-state index >= 15 is 0 Å². The molecule has 0 aromatic carbocycles. The summed E-state index contributed by atoms with van der Waals surface area (Å²) < 4.78 is 5.52. The van der Waals surface area contributed by atoms with Crippen molar-refractivity contribution in [3.05, 3.63) is 36.5 Å². The van der Waals surface area contributed by atoms with Gasteiger partial charge in [-0.2, -0.15) is 0 Å². The third-order valence-corrected chi connectivity index (χ3v) is 18.9. The second kappa shape index (κ2) is 77.5. The minimum absolute atomic E-state index is 0.0184. The Hall–Kier alpha value is -1.92. The molecule has 0 aliphatic carbocycles. The summed E-state index contributed by atoms with van der Waals surface area (Å²) >= 11 is 0. The number of esters is 1. The van der Waals surface area contributed by atoms with Crippen LogP contribution in [0.1, 0.15) is 450 Å². The molecule has 0 aliphatic rings. The molecule has 0 heterocycles. The molecule has 0 radical (unpaired) electrons. The monoisotopic (exact) mass is 1240 g/mol. The average molecular weight is 1240 g/mol. The minimum atomic E-state index is -0.842. The minimum Gasteiger partial charge on any atom is -0.466 e. The van der Waals surface area contributed by atoms with Gasteiger partial charge in [-0.1, -0.05) is 410 Å². The van der Waals surface area contributed by atoms with E-state index in [0.717, 1.165) is 51.4 Å². The smallest absolute Gasteiger partial charge is 0.305 e. The summed E-state index contributed by atoms with van der Waals surface area (Å²) in [6.45, 7) is 4.93. The molecule has 0 aromatic rings. The van der Waals surface area contributed by atoms with Crippen LogP contribution in [0.15, 0.2) is 36.5 Å². The maximum absolute atomic E-state index is 12.5. The van der Waals surface area contributed by atoms with Gasteiger partial charge in [-0.3, -0.25) is 9.59 Å². The van der Waals surface area contributed by atoms with Crippen molar-refractivity contribution >= 4 is 11.9 Å². The van der Waals surface area contributed by atoms with E-state index in [9.17, 15) is 19.8 Å². The number of hydrogen-bond donors (Lipinski definition) is 3. The van der Waals surface area contributed by atoms with Gasteiger partial charge in [-0.05, 0) is 64.2 Å². The van der Waals surface area contributed by atoms with Gasteiger partial charge in [0.1, 0.15) is 0 Å². The Kier molecular flexibility index (Phi) is 75.8. The van der Waals surface area contributed by atoms with E-state index in [1.54, 1.807) is 6.08 Å². The quantitative estimate of drug-likeness (QED) is 0.0320. The van der Waals surface area contributed by atoms with Crippen LogP contribution in [0.2, 0.25) is 0 Å². The van der Waals surface area contributed by atoms with Crippen LogP contribution < -0.4 is 5.32 Å². The maximum Gasteiger partial charge on any atom is 0.305 e. The molecule has 6 heteroatoms. The van der Waals surface area contributed by atoms with Gasteiger partial charge in [0.05, 0.1) is 25.4 Å². The van der Waals surface area contributed by atoms with Gasteiger partial charge >= 0.3 is 5.97 Å². The Morgan fingerprint density at radius 1 is 0.318 bits per heavy atom. The highest BCUT2D eigenvalue weighted by Crippen LogP contribution is 2.20. The van der Waals surface area contributed by atoms with Gasteiger partial charge in [0.15, 0.2) is 0 Å². The summed E-state index contributed by atoms with van der Waals surface area (Å²) in [5.74, 6) is -0.0406. The van der Waals surface area contributed by atoms with Crippen molar-refractivity contribution in [1.29, 1.82) is 0 Å². The SMILES string of the molecule is CCCCC/C=C\C/C=C\CCCCCCCCCCCC(=O)OCCCCCCCCCCCCCCCCCCCCCCCCCCCCCCCCCCCC(=O)NC(CO)C(O)/C=C/CCCCCCCCCCCCCCCCCCC. The van der Waals surface area contributed by atoms with Gasteiger partial charge < -0.3 is 20.3 Å². The molecular formula is C82H157NO5. The molecule has 0 saturated heterocycles. The molecule has 2 atom stereocenters. The number of ether oxygens (including phenoxy) is 1. The number of rotatable bonds is 76. The molecule has 0 saturated carbocycles. The summed E-state index contributed by atoms with van der Waals surface area (Å²) in [5.41, 5.74) is 0. The summed E-state index contributed by atoms with van der Waals surface area (Å²) in [6, 6.07) is -0.625. The number of aliphatic hydroxyl groups excluding tert-OH is 2. The fourth-order valence-corrected chi connectivity index (χ4v) is 12.8. The lowest BCUT2D eigenvalue weighted by molar-refractivity contribution is -0.143. The van der Waals surface area contributed by atoms with Gasteiger partial charge in [-0.25, -0.2) is 0 Å². The number of unbranched alkanes of at least 4 members (excludes halogenated alkanes) is 61. The lowest BCUT2D eigenvalue weighted by atomic mass is 10.0. The van der Waals surface area contributed by atoms with Crippen molar-refractivity contribution < 1.29 is 24.5 Å². The van der Waals surface area contributed by atoms with Crippen LogP contribution in [0.4, 0.5) is 0 Å². The molecule has 0 rings (SSSR count). The highest BCUT2D eigenvalue weighted by molar-refractivity contribution is 5.76. The topological polar surface area (TPSA) is 95.9 Å². The fourth-order valence-electron chi connectivity index (χ4n) is 12.8. The van der Waals surface area contributed by atoms with Crippen LogP contribution >= 0.6 is 0 Å². The van der Waals surface area contributed by atoms with Crippen LogP contribution in [0, 0.1) is 0 Å². The summed E-state index contributed by atoms with van der Waals surface area (Å²) in [7, 11) is 0. The number of amides is 1. The van der Waals surface area contributed by atoms with Crippen LogP contribution in [-0.4, -0.2) is 47.4 Å². The molecule has 6 nitrogen and oxygen atoms in total. The van der Waals surface area contributed by atoms with E-state index in [2.05, 4.69) is 43.5 Å². The van der Waals surface area contributed by atoms with Crippen LogP contribution in [0.5, 0.6) is 0 Å². The van der Waals surface area contributed by atoms with E-state index in [-0.39, 0.29) is 18.5 Å². The van der Waals surface area contributed by atoms with E-state index in [4.69, 9.17) is 4.74 Å². The summed E-state index contributed by atoms with van der Waals surface area (Å²) in [4.78, 5) is 24.7. The summed E-state index contributed by atoms with van der Waals surface area (Å²) in [5, 5.41) is 23.3. The highest BCUT2D eigenvalue weighted by atomic mass is 16.5. The van der Waals surface area contributed by atoms with E-state index in [0.29, 0.717) is 19.4 Å². The molecule has 3 N–H and O–H groups in total. The molecule has 88 heavy (non-hydrogen) atoms. The van der Waals surface area contributed by atoms with Crippen molar-refractivity contribution in [3.8, 4) is 0 Å². The number of hydrogen-bond acceptors (Lipinski definition) is 5. The Morgan fingerprint density at radius 3 is 0.886 bits per heavy atom. The fraction of sp³-hybridized carbons (Fsp3) is 0.902. The molecule has 2 unspecified atom stereocenters. The van der Waals surface area contributed by atoms with Crippen molar-refractivity contribution in [1.82, 2.24) is 5.32 Å². The zero-order valence-electron chi connectivity index (χ0n) is 59.7.